The Morgan fingerprint density at radius 2 is 1.62 bits per heavy atom. The van der Waals surface area contributed by atoms with Crippen LogP contribution in [0.25, 0.3) is 11.5 Å². The van der Waals surface area contributed by atoms with E-state index in [9.17, 15) is 18.3 Å². The molecule has 1 saturated carbocycles. The standard InChI is InChI=1S/C35H44N6O5S/c1-23-18-28(23)22-40(21-25-14-10-8-11-15-25)30-20-27(19-29(36-30)39(6)47(7,44)45)32-37-38-33(46-32)31(41(34(42)43)35(3,4)5)24(2)26-16-12-9-13-17-26/h8-17,19-20,23-24,28,31H,18,21-22H2,1-7H3,(H,42,43)/t23?,24?,28?,31-/m1/s1. The zero-order valence-electron chi connectivity index (χ0n) is 28.0. The first-order valence-electron chi connectivity index (χ1n) is 15.8. The molecule has 0 spiro atoms. The summed E-state index contributed by atoms with van der Waals surface area (Å²) in [5.41, 5.74) is 1.70. The van der Waals surface area contributed by atoms with Gasteiger partial charge in [-0.2, -0.15) is 0 Å². The van der Waals surface area contributed by atoms with Gasteiger partial charge in [0, 0.05) is 37.2 Å². The number of carboxylic acid groups (broad SMARTS) is 1. The van der Waals surface area contributed by atoms with Crippen LogP contribution in [0.15, 0.2) is 77.2 Å². The third kappa shape index (κ3) is 7.93. The molecule has 2 heterocycles. The van der Waals surface area contributed by atoms with E-state index in [0.717, 1.165) is 34.7 Å². The number of rotatable bonds is 12. The molecule has 3 unspecified atom stereocenters. The Morgan fingerprint density at radius 3 is 2.17 bits per heavy atom. The van der Waals surface area contributed by atoms with Crippen molar-refractivity contribution in [2.45, 2.75) is 65.1 Å². The highest BCUT2D eigenvalue weighted by molar-refractivity contribution is 7.92. The lowest BCUT2D eigenvalue weighted by Gasteiger charge is -2.40. The van der Waals surface area contributed by atoms with Crippen molar-refractivity contribution in [2.75, 3.05) is 29.1 Å². The number of hydrogen-bond donors (Lipinski definition) is 1. The van der Waals surface area contributed by atoms with Crippen LogP contribution < -0.4 is 9.21 Å². The minimum atomic E-state index is -3.65. The van der Waals surface area contributed by atoms with Gasteiger partial charge >= 0.3 is 6.09 Å². The van der Waals surface area contributed by atoms with Gasteiger partial charge in [0.15, 0.2) is 0 Å². The van der Waals surface area contributed by atoms with Crippen LogP contribution in [0.3, 0.4) is 0 Å². The minimum absolute atomic E-state index is 0.135. The number of anilines is 2. The van der Waals surface area contributed by atoms with Crippen LogP contribution >= 0.6 is 0 Å². The molecule has 5 rings (SSSR count). The molecule has 0 aliphatic heterocycles. The Kier molecular flexibility index (Phi) is 9.63. The zero-order valence-corrected chi connectivity index (χ0v) is 28.8. The summed E-state index contributed by atoms with van der Waals surface area (Å²) >= 11 is 0. The highest BCUT2D eigenvalue weighted by Crippen LogP contribution is 2.42. The number of sulfonamides is 1. The van der Waals surface area contributed by atoms with Gasteiger partial charge in [-0.05, 0) is 62.3 Å². The van der Waals surface area contributed by atoms with E-state index in [2.05, 4.69) is 34.2 Å². The molecule has 1 amide bonds. The van der Waals surface area contributed by atoms with E-state index in [0.29, 0.717) is 29.8 Å². The fourth-order valence-corrected chi connectivity index (χ4v) is 6.31. The van der Waals surface area contributed by atoms with Gasteiger partial charge < -0.3 is 14.4 Å². The molecule has 0 bridgehead atoms. The Bertz CT molecular complexity index is 1790. The van der Waals surface area contributed by atoms with Gasteiger partial charge in [0.25, 0.3) is 0 Å². The molecule has 4 atom stereocenters. The van der Waals surface area contributed by atoms with Crippen molar-refractivity contribution < 1.29 is 22.7 Å². The summed E-state index contributed by atoms with van der Waals surface area (Å²) < 4.78 is 32.8. The van der Waals surface area contributed by atoms with E-state index in [1.807, 2.05) is 82.3 Å². The van der Waals surface area contributed by atoms with Gasteiger partial charge in [-0.15, -0.1) is 10.2 Å². The van der Waals surface area contributed by atoms with Crippen LogP contribution in [0.4, 0.5) is 16.4 Å². The van der Waals surface area contributed by atoms with Crippen molar-refractivity contribution in [3.05, 3.63) is 89.8 Å². The quantitative estimate of drug-likeness (QED) is 0.174. The van der Waals surface area contributed by atoms with Crippen molar-refractivity contribution in [1.82, 2.24) is 20.1 Å². The second-order valence-corrected chi connectivity index (χ2v) is 15.6. The first kappa shape index (κ1) is 33.9. The molecule has 2 aromatic carbocycles. The molecule has 2 aromatic heterocycles. The normalized spacial score (nSPS) is 17.5. The number of hydrogen-bond acceptors (Lipinski definition) is 8. The molecule has 1 aliphatic carbocycles. The molecule has 1 fully saturated rings. The van der Waals surface area contributed by atoms with Crippen molar-refractivity contribution in [2.24, 2.45) is 11.8 Å². The second-order valence-electron chi connectivity index (χ2n) is 13.6. The number of nitrogens with zero attached hydrogens (tertiary/aromatic N) is 6. The topological polar surface area (TPSA) is 133 Å². The summed E-state index contributed by atoms with van der Waals surface area (Å²) in [7, 11) is -2.19. The Balaban J connectivity index is 1.62. The maximum atomic E-state index is 12.7. The monoisotopic (exact) mass is 660 g/mol. The second kappa shape index (κ2) is 13.3. The molecule has 0 radical (unpaired) electrons. The average Bonchev–Trinajstić information content (AvgIpc) is 3.49. The summed E-state index contributed by atoms with van der Waals surface area (Å²) in [6.07, 6.45) is 1.13. The van der Waals surface area contributed by atoms with E-state index >= 15 is 0 Å². The maximum absolute atomic E-state index is 12.7. The molecule has 0 saturated heterocycles. The number of carbonyl (C=O) groups is 1. The number of benzene rings is 2. The van der Waals surface area contributed by atoms with Crippen LogP contribution in [0.5, 0.6) is 0 Å². The SMILES string of the molecule is CC1CC1CN(Cc1ccccc1)c1cc(-c2nnc([C@@H](C(C)c3ccccc3)N(C(=O)O)C(C)(C)C)o2)cc(N(C)S(C)(=O)=O)n1. The van der Waals surface area contributed by atoms with E-state index in [-0.39, 0.29) is 23.5 Å². The van der Waals surface area contributed by atoms with Crippen LogP contribution in [0, 0.1) is 11.8 Å². The molecule has 1 aliphatic rings. The predicted octanol–water partition coefficient (Wildman–Crippen LogP) is 6.81. The van der Waals surface area contributed by atoms with E-state index in [4.69, 9.17) is 9.40 Å². The minimum Gasteiger partial charge on any atom is -0.465 e. The van der Waals surface area contributed by atoms with Crippen LogP contribution in [0.2, 0.25) is 0 Å². The predicted molar refractivity (Wildman–Crippen MR) is 183 cm³/mol. The van der Waals surface area contributed by atoms with Crippen molar-refractivity contribution >= 4 is 27.8 Å². The smallest absolute Gasteiger partial charge is 0.408 e. The van der Waals surface area contributed by atoms with Crippen LogP contribution in [0.1, 0.15) is 70.0 Å². The lowest BCUT2D eigenvalue weighted by atomic mass is 9.89. The van der Waals surface area contributed by atoms with Crippen molar-refractivity contribution in [1.29, 1.82) is 0 Å². The van der Waals surface area contributed by atoms with E-state index in [1.165, 1.54) is 11.9 Å². The molecule has 1 N–H and O–H groups in total. The molecular formula is C35H44N6O5S. The van der Waals surface area contributed by atoms with Gasteiger partial charge in [0.1, 0.15) is 17.7 Å². The highest BCUT2D eigenvalue weighted by Gasteiger charge is 2.41. The van der Waals surface area contributed by atoms with Crippen molar-refractivity contribution in [3.8, 4) is 11.5 Å². The highest BCUT2D eigenvalue weighted by atomic mass is 32.2. The van der Waals surface area contributed by atoms with E-state index < -0.39 is 27.7 Å². The van der Waals surface area contributed by atoms with Gasteiger partial charge in [-0.1, -0.05) is 74.5 Å². The zero-order chi connectivity index (χ0) is 34.1. The molecule has 11 nitrogen and oxygen atoms in total. The first-order valence-corrected chi connectivity index (χ1v) is 17.6. The molecular weight excluding hydrogens is 616 g/mol. The van der Waals surface area contributed by atoms with E-state index in [1.54, 1.807) is 6.07 Å². The molecule has 12 heteroatoms. The summed E-state index contributed by atoms with van der Waals surface area (Å²) in [6.45, 7) is 11.0. The van der Waals surface area contributed by atoms with Crippen LogP contribution in [-0.2, 0) is 16.6 Å². The lowest BCUT2D eigenvalue weighted by Crippen LogP contribution is -2.48. The molecule has 4 aromatic rings. The fraction of sp³-hybridized carbons (Fsp3) is 0.429. The van der Waals surface area contributed by atoms with Gasteiger partial charge in [0.05, 0.1) is 6.26 Å². The number of amides is 1. The molecule has 47 heavy (non-hydrogen) atoms. The van der Waals surface area contributed by atoms with Gasteiger partial charge in [-0.25, -0.2) is 18.2 Å². The number of pyridine rings is 1. The summed E-state index contributed by atoms with van der Waals surface area (Å²) in [4.78, 5) is 21.1. The largest absolute Gasteiger partial charge is 0.465 e. The molecule has 250 valence electrons. The Labute approximate surface area is 277 Å². The fourth-order valence-electron chi connectivity index (χ4n) is 5.88. The average molecular weight is 661 g/mol. The Morgan fingerprint density at radius 1 is 1.02 bits per heavy atom. The summed E-state index contributed by atoms with van der Waals surface area (Å²) in [6, 6.07) is 22.3. The summed E-state index contributed by atoms with van der Waals surface area (Å²) in [5.74, 6) is 1.81. The van der Waals surface area contributed by atoms with Gasteiger partial charge in [0.2, 0.25) is 21.8 Å². The summed E-state index contributed by atoms with van der Waals surface area (Å²) in [5, 5.41) is 19.2. The third-order valence-electron chi connectivity index (χ3n) is 8.84. The number of aromatic nitrogens is 3. The van der Waals surface area contributed by atoms with Crippen molar-refractivity contribution in [3.63, 3.8) is 0 Å². The maximum Gasteiger partial charge on any atom is 0.408 e. The third-order valence-corrected chi connectivity index (χ3v) is 10.0. The lowest BCUT2D eigenvalue weighted by molar-refractivity contribution is 0.0518. The first-order chi connectivity index (χ1) is 22.1. The van der Waals surface area contributed by atoms with Crippen LogP contribution in [-0.4, -0.2) is 65.1 Å². The van der Waals surface area contributed by atoms with Gasteiger partial charge in [-0.3, -0.25) is 9.21 Å². The Hall–Kier alpha value is -4.45.